The number of nitrogens with one attached hydrogen (secondary N) is 1. The molecule has 0 aliphatic rings. The van der Waals surface area contributed by atoms with Gasteiger partial charge in [0.15, 0.2) is 6.10 Å². The Kier molecular flexibility index (Phi) is 2.93. The van der Waals surface area contributed by atoms with Crippen LogP contribution in [0.2, 0.25) is 0 Å². The van der Waals surface area contributed by atoms with E-state index in [-0.39, 0.29) is 0 Å². The standard InChI is InChI=1S/C10H9BrN2O3/c11-3-5-1-2-6-8(13-4-12-6)7(5)9(14)10(15)16/h1-2,4,9,14H,3H2,(H,12,13)(H,15,16). The van der Waals surface area contributed by atoms with Gasteiger partial charge in [-0.15, -0.1) is 0 Å². The van der Waals surface area contributed by atoms with Crippen molar-refractivity contribution in [2.75, 3.05) is 0 Å². The number of carboxylic acid groups (broad SMARTS) is 1. The van der Waals surface area contributed by atoms with E-state index >= 15 is 0 Å². The first kappa shape index (κ1) is 11.1. The van der Waals surface area contributed by atoms with Gasteiger partial charge in [-0.3, -0.25) is 0 Å². The molecule has 1 aromatic heterocycles. The first-order chi connectivity index (χ1) is 7.65. The normalized spacial score (nSPS) is 12.9. The fourth-order valence-electron chi connectivity index (χ4n) is 1.62. The van der Waals surface area contributed by atoms with Crippen molar-refractivity contribution in [2.24, 2.45) is 0 Å². The van der Waals surface area contributed by atoms with Crippen LogP contribution in [0.3, 0.4) is 0 Å². The van der Waals surface area contributed by atoms with Gasteiger partial charge in [0.05, 0.1) is 17.4 Å². The minimum atomic E-state index is -1.56. The maximum absolute atomic E-state index is 10.8. The average molecular weight is 285 g/mol. The van der Waals surface area contributed by atoms with Crippen LogP contribution in [0.4, 0.5) is 0 Å². The molecule has 0 amide bonds. The third kappa shape index (κ3) is 1.70. The molecule has 0 aliphatic carbocycles. The zero-order valence-electron chi connectivity index (χ0n) is 8.14. The quantitative estimate of drug-likeness (QED) is 0.747. The fraction of sp³-hybridized carbons (Fsp3) is 0.200. The predicted octanol–water partition coefficient (Wildman–Crippen LogP) is 1.58. The van der Waals surface area contributed by atoms with E-state index in [1.54, 1.807) is 12.1 Å². The van der Waals surface area contributed by atoms with Crippen molar-refractivity contribution in [3.05, 3.63) is 29.6 Å². The number of aliphatic carboxylic acids is 1. The van der Waals surface area contributed by atoms with Crippen molar-refractivity contribution in [2.45, 2.75) is 11.4 Å². The van der Waals surface area contributed by atoms with Gasteiger partial charge in [0.1, 0.15) is 0 Å². The number of carbonyl (C=O) groups is 1. The van der Waals surface area contributed by atoms with Crippen LogP contribution < -0.4 is 0 Å². The molecule has 1 unspecified atom stereocenters. The summed E-state index contributed by atoms with van der Waals surface area (Å²) in [5.74, 6) is -1.28. The van der Waals surface area contributed by atoms with Gasteiger partial charge in [-0.1, -0.05) is 22.0 Å². The number of halogens is 1. The molecule has 16 heavy (non-hydrogen) atoms. The summed E-state index contributed by atoms with van der Waals surface area (Å²) in [6.45, 7) is 0. The Hall–Kier alpha value is -1.40. The summed E-state index contributed by atoms with van der Waals surface area (Å²) in [6, 6.07) is 3.56. The van der Waals surface area contributed by atoms with Crippen LogP contribution in [0.5, 0.6) is 0 Å². The largest absolute Gasteiger partial charge is 0.479 e. The van der Waals surface area contributed by atoms with E-state index in [2.05, 4.69) is 25.9 Å². The lowest BCUT2D eigenvalue weighted by Gasteiger charge is -2.11. The van der Waals surface area contributed by atoms with Gasteiger partial charge < -0.3 is 15.2 Å². The van der Waals surface area contributed by atoms with Gasteiger partial charge in [0.2, 0.25) is 0 Å². The van der Waals surface area contributed by atoms with Gasteiger partial charge in [-0.25, -0.2) is 9.78 Å². The molecule has 0 aliphatic heterocycles. The number of aromatic amines is 1. The zero-order chi connectivity index (χ0) is 11.7. The predicted molar refractivity (Wildman–Crippen MR) is 61.3 cm³/mol. The number of aromatic nitrogens is 2. The minimum Gasteiger partial charge on any atom is -0.479 e. The lowest BCUT2D eigenvalue weighted by Crippen LogP contribution is -2.13. The van der Waals surface area contributed by atoms with E-state index in [1.165, 1.54) is 6.33 Å². The Morgan fingerprint density at radius 1 is 1.56 bits per heavy atom. The van der Waals surface area contributed by atoms with Crippen molar-refractivity contribution in [1.82, 2.24) is 9.97 Å². The lowest BCUT2D eigenvalue weighted by atomic mass is 10.0. The third-order valence-electron chi connectivity index (χ3n) is 2.37. The molecule has 1 aromatic carbocycles. The fourth-order valence-corrected chi connectivity index (χ4v) is 2.11. The summed E-state index contributed by atoms with van der Waals surface area (Å²) < 4.78 is 0. The molecular formula is C10H9BrN2O3. The molecule has 6 heteroatoms. The van der Waals surface area contributed by atoms with Crippen molar-refractivity contribution in [3.63, 3.8) is 0 Å². The molecule has 0 spiro atoms. The number of alkyl halides is 1. The highest BCUT2D eigenvalue weighted by Gasteiger charge is 2.23. The molecular weight excluding hydrogens is 276 g/mol. The molecule has 5 nitrogen and oxygen atoms in total. The van der Waals surface area contributed by atoms with Crippen LogP contribution in [0.1, 0.15) is 17.2 Å². The maximum atomic E-state index is 10.8. The average Bonchev–Trinajstić information content (AvgIpc) is 2.74. The van der Waals surface area contributed by atoms with Crippen LogP contribution in [-0.2, 0) is 10.1 Å². The maximum Gasteiger partial charge on any atom is 0.337 e. The van der Waals surface area contributed by atoms with E-state index in [0.29, 0.717) is 21.9 Å². The van der Waals surface area contributed by atoms with Gasteiger partial charge in [-0.05, 0) is 11.6 Å². The molecule has 0 saturated heterocycles. The number of hydrogen-bond acceptors (Lipinski definition) is 3. The summed E-state index contributed by atoms with van der Waals surface area (Å²) in [5, 5.41) is 19.0. The highest BCUT2D eigenvalue weighted by molar-refractivity contribution is 9.08. The second-order valence-corrected chi connectivity index (χ2v) is 3.87. The van der Waals surface area contributed by atoms with Crippen molar-refractivity contribution in [3.8, 4) is 0 Å². The first-order valence-electron chi connectivity index (χ1n) is 4.57. The highest BCUT2D eigenvalue weighted by Crippen LogP contribution is 2.27. The van der Waals surface area contributed by atoms with Crippen molar-refractivity contribution >= 4 is 32.9 Å². The molecule has 84 valence electrons. The van der Waals surface area contributed by atoms with E-state index < -0.39 is 12.1 Å². The number of fused-ring (bicyclic) bond motifs is 1. The Labute approximate surface area is 99.3 Å². The molecule has 0 saturated carbocycles. The molecule has 0 bridgehead atoms. The Morgan fingerprint density at radius 2 is 2.31 bits per heavy atom. The number of H-pyrrole nitrogens is 1. The lowest BCUT2D eigenvalue weighted by molar-refractivity contribution is -0.146. The Bertz CT molecular complexity index is 538. The second-order valence-electron chi connectivity index (χ2n) is 3.31. The third-order valence-corrected chi connectivity index (χ3v) is 2.98. The highest BCUT2D eigenvalue weighted by atomic mass is 79.9. The molecule has 2 aromatic rings. The Balaban J connectivity index is 2.70. The van der Waals surface area contributed by atoms with E-state index in [9.17, 15) is 9.90 Å². The van der Waals surface area contributed by atoms with Crippen molar-refractivity contribution in [1.29, 1.82) is 0 Å². The number of benzene rings is 1. The molecule has 1 heterocycles. The summed E-state index contributed by atoms with van der Waals surface area (Å²) in [4.78, 5) is 17.7. The monoisotopic (exact) mass is 284 g/mol. The number of hydrogen-bond donors (Lipinski definition) is 3. The molecule has 1 atom stereocenters. The number of aliphatic hydroxyl groups excluding tert-OH is 1. The van der Waals surface area contributed by atoms with Crippen LogP contribution in [-0.4, -0.2) is 26.2 Å². The number of aliphatic hydroxyl groups is 1. The van der Waals surface area contributed by atoms with Crippen LogP contribution in [0, 0.1) is 0 Å². The van der Waals surface area contributed by atoms with Gasteiger partial charge >= 0.3 is 5.97 Å². The second kappa shape index (κ2) is 4.23. The van der Waals surface area contributed by atoms with Crippen LogP contribution >= 0.6 is 15.9 Å². The summed E-state index contributed by atoms with van der Waals surface area (Å²) >= 11 is 3.26. The van der Waals surface area contributed by atoms with E-state index in [4.69, 9.17) is 5.11 Å². The number of rotatable bonds is 3. The molecule has 3 N–H and O–H groups in total. The van der Waals surface area contributed by atoms with Crippen LogP contribution in [0.15, 0.2) is 18.5 Å². The van der Waals surface area contributed by atoms with Crippen LogP contribution in [0.25, 0.3) is 11.0 Å². The van der Waals surface area contributed by atoms with Gasteiger partial charge in [0.25, 0.3) is 0 Å². The molecule has 0 radical (unpaired) electrons. The van der Waals surface area contributed by atoms with Gasteiger partial charge in [-0.2, -0.15) is 0 Å². The summed E-state index contributed by atoms with van der Waals surface area (Å²) in [5.41, 5.74) is 2.25. The number of nitrogens with zero attached hydrogens (tertiary/aromatic N) is 1. The number of imidazole rings is 1. The first-order valence-corrected chi connectivity index (χ1v) is 5.69. The minimum absolute atomic E-state index is 0.336. The zero-order valence-corrected chi connectivity index (χ0v) is 9.73. The Morgan fingerprint density at radius 3 is 2.94 bits per heavy atom. The van der Waals surface area contributed by atoms with Crippen molar-refractivity contribution < 1.29 is 15.0 Å². The smallest absolute Gasteiger partial charge is 0.337 e. The number of carboxylic acids is 1. The SMILES string of the molecule is O=C(O)C(O)c1c(CBr)ccc2[nH]cnc12. The van der Waals surface area contributed by atoms with E-state index in [0.717, 1.165) is 5.56 Å². The molecule has 0 fully saturated rings. The van der Waals surface area contributed by atoms with Gasteiger partial charge in [0, 0.05) is 10.9 Å². The molecule has 2 rings (SSSR count). The summed E-state index contributed by atoms with van der Waals surface area (Å²) in [6.07, 6.45) is -0.0830. The summed E-state index contributed by atoms with van der Waals surface area (Å²) in [7, 11) is 0. The topological polar surface area (TPSA) is 86.2 Å². The van der Waals surface area contributed by atoms with E-state index in [1.807, 2.05) is 0 Å².